The second kappa shape index (κ2) is 65.4. The Morgan fingerprint density at radius 1 is 0.295 bits per heavy atom. The van der Waals surface area contributed by atoms with Gasteiger partial charge < -0.3 is 33.8 Å². The molecule has 4 unspecified atom stereocenters. The second-order valence-electron chi connectivity index (χ2n) is 29.1. The lowest BCUT2D eigenvalue weighted by atomic mass is 9.99. The van der Waals surface area contributed by atoms with Gasteiger partial charge in [0.15, 0.2) is 12.2 Å². The highest BCUT2D eigenvalue weighted by atomic mass is 31.2. The number of carbonyl (C=O) groups excluding carboxylic acids is 4. The second-order valence-corrected chi connectivity index (χ2v) is 32.0. The van der Waals surface area contributed by atoms with E-state index in [1.54, 1.807) is 0 Å². The van der Waals surface area contributed by atoms with Gasteiger partial charge in [-0.15, -0.1) is 0 Å². The molecular formula is C76H148O17P2. The quantitative estimate of drug-likeness (QED) is 0.0222. The van der Waals surface area contributed by atoms with Gasteiger partial charge >= 0.3 is 39.5 Å². The molecule has 95 heavy (non-hydrogen) atoms. The van der Waals surface area contributed by atoms with Crippen LogP contribution in [-0.2, 0) is 65.4 Å². The predicted octanol–water partition coefficient (Wildman–Crippen LogP) is 22.0. The minimum Gasteiger partial charge on any atom is -0.462 e. The Morgan fingerprint density at radius 3 is 0.747 bits per heavy atom. The Kier molecular flexibility index (Phi) is 64.0. The van der Waals surface area contributed by atoms with E-state index in [0.29, 0.717) is 37.5 Å². The first kappa shape index (κ1) is 93.1. The lowest BCUT2D eigenvalue weighted by molar-refractivity contribution is -0.161. The summed E-state index contributed by atoms with van der Waals surface area (Å²) in [6.07, 6.45) is 50.2. The zero-order chi connectivity index (χ0) is 70.3. The zero-order valence-corrected chi connectivity index (χ0v) is 64.1. The SMILES string of the molecule is CCC(C)CCCCCCCCCCCCC(=O)OC[C@H](COP(=O)(O)OCC(O)COP(=O)(O)OC[C@@H](COC(=O)CCCCCCCCCC(C)C)OC(=O)CCCCCCCCCC(C)C)OC(=O)CCCCCCCCCCCCCCCCCCCCC(C)C. The molecule has 0 saturated heterocycles. The summed E-state index contributed by atoms with van der Waals surface area (Å²) in [5.41, 5.74) is 0. The van der Waals surface area contributed by atoms with E-state index < -0.39 is 97.5 Å². The van der Waals surface area contributed by atoms with E-state index in [-0.39, 0.29) is 25.7 Å². The summed E-state index contributed by atoms with van der Waals surface area (Å²) in [6, 6.07) is 0. The Bertz CT molecular complexity index is 1870. The topological polar surface area (TPSA) is 237 Å². The molecule has 6 atom stereocenters. The van der Waals surface area contributed by atoms with Crippen molar-refractivity contribution in [2.75, 3.05) is 39.6 Å². The fourth-order valence-electron chi connectivity index (χ4n) is 11.5. The molecule has 0 radical (unpaired) electrons. The first-order chi connectivity index (χ1) is 45.6. The molecule has 0 aromatic rings. The third-order valence-electron chi connectivity index (χ3n) is 17.9. The number of carbonyl (C=O) groups is 4. The first-order valence-corrected chi connectivity index (χ1v) is 42.2. The van der Waals surface area contributed by atoms with Crippen molar-refractivity contribution in [1.29, 1.82) is 0 Å². The van der Waals surface area contributed by atoms with Gasteiger partial charge in [0.2, 0.25) is 0 Å². The van der Waals surface area contributed by atoms with Gasteiger partial charge in [-0.3, -0.25) is 37.3 Å². The minimum absolute atomic E-state index is 0.102. The van der Waals surface area contributed by atoms with Gasteiger partial charge in [0.25, 0.3) is 0 Å². The lowest BCUT2D eigenvalue weighted by Gasteiger charge is -2.21. The van der Waals surface area contributed by atoms with Crippen molar-refractivity contribution in [1.82, 2.24) is 0 Å². The highest BCUT2D eigenvalue weighted by Gasteiger charge is 2.30. The maximum absolute atomic E-state index is 13.1. The Hall–Kier alpha value is -1.94. The fourth-order valence-corrected chi connectivity index (χ4v) is 13.1. The molecule has 19 heteroatoms. The van der Waals surface area contributed by atoms with Gasteiger partial charge in [-0.05, 0) is 49.4 Å². The third kappa shape index (κ3) is 69.0. The number of rotatable bonds is 73. The number of aliphatic hydroxyl groups excluding tert-OH is 1. The van der Waals surface area contributed by atoms with E-state index >= 15 is 0 Å². The van der Waals surface area contributed by atoms with Crippen molar-refractivity contribution in [3.8, 4) is 0 Å². The molecule has 0 spiro atoms. The summed E-state index contributed by atoms with van der Waals surface area (Å²) in [7, 11) is -9.91. The number of phosphoric ester groups is 2. The molecule has 0 heterocycles. The fraction of sp³-hybridized carbons (Fsp3) is 0.947. The number of phosphoric acid groups is 2. The van der Waals surface area contributed by atoms with Crippen molar-refractivity contribution >= 4 is 39.5 Å². The van der Waals surface area contributed by atoms with Gasteiger partial charge in [-0.25, -0.2) is 9.13 Å². The molecule has 0 aliphatic carbocycles. The molecule has 0 aromatic carbocycles. The van der Waals surface area contributed by atoms with Crippen LogP contribution in [0, 0.1) is 23.7 Å². The molecule has 0 aliphatic rings. The van der Waals surface area contributed by atoms with Crippen LogP contribution >= 0.6 is 15.6 Å². The highest BCUT2D eigenvalue weighted by molar-refractivity contribution is 7.47. The lowest BCUT2D eigenvalue weighted by Crippen LogP contribution is -2.30. The number of unbranched alkanes of at least 4 members (excludes halogenated alkanes) is 38. The van der Waals surface area contributed by atoms with Crippen molar-refractivity contribution < 1.29 is 80.2 Å². The molecule has 0 bridgehead atoms. The summed E-state index contributed by atoms with van der Waals surface area (Å²) >= 11 is 0. The van der Waals surface area contributed by atoms with Crippen LogP contribution in [0.1, 0.15) is 383 Å². The average molecular weight is 1400 g/mol. The molecule has 0 aromatic heterocycles. The van der Waals surface area contributed by atoms with Crippen molar-refractivity contribution in [3.63, 3.8) is 0 Å². The van der Waals surface area contributed by atoms with Crippen molar-refractivity contribution in [2.45, 2.75) is 401 Å². The van der Waals surface area contributed by atoms with Crippen LogP contribution in [0.2, 0.25) is 0 Å². The number of hydrogen-bond donors (Lipinski definition) is 3. The summed E-state index contributed by atoms with van der Waals surface area (Å²) in [4.78, 5) is 72.7. The molecule has 0 aliphatic heterocycles. The van der Waals surface area contributed by atoms with Crippen LogP contribution in [-0.4, -0.2) is 96.7 Å². The van der Waals surface area contributed by atoms with Crippen LogP contribution < -0.4 is 0 Å². The molecule has 17 nitrogen and oxygen atoms in total. The first-order valence-electron chi connectivity index (χ1n) is 39.2. The monoisotopic (exact) mass is 1400 g/mol. The number of ether oxygens (including phenoxy) is 4. The predicted molar refractivity (Wildman–Crippen MR) is 386 cm³/mol. The molecule has 0 saturated carbocycles. The number of hydrogen-bond acceptors (Lipinski definition) is 15. The van der Waals surface area contributed by atoms with E-state index in [9.17, 15) is 43.2 Å². The van der Waals surface area contributed by atoms with Gasteiger partial charge in [-0.1, -0.05) is 331 Å². The van der Waals surface area contributed by atoms with E-state index in [2.05, 4.69) is 55.4 Å². The highest BCUT2D eigenvalue weighted by Crippen LogP contribution is 2.45. The van der Waals surface area contributed by atoms with E-state index in [1.807, 2.05) is 0 Å². The average Bonchev–Trinajstić information content (AvgIpc) is 1.47. The van der Waals surface area contributed by atoms with Crippen molar-refractivity contribution in [2.24, 2.45) is 23.7 Å². The molecular weight excluding hydrogens is 1250 g/mol. The minimum atomic E-state index is -4.96. The Morgan fingerprint density at radius 2 is 0.505 bits per heavy atom. The van der Waals surface area contributed by atoms with Crippen LogP contribution in [0.15, 0.2) is 0 Å². The van der Waals surface area contributed by atoms with E-state index in [0.717, 1.165) is 108 Å². The zero-order valence-electron chi connectivity index (χ0n) is 62.3. The van der Waals surface area contributed by atoms with Crippen LogP contribution in [0.5, 0.6) is 0 Å². The number of aliphatic hydroxyl groups is 1. The smallest absolute Gasteiger partial charge is 0.462 e. The summed E-state index contributed by atoms with van der Waals surface area (Å²) in [5, 5.41) is 10.6. The van der Waals surface area contributed by atoms with E-state index in [1.165, 1.54) is 180 Å². The largest absolute Gasteiger partial charge is 0.472 e. The summed E-state index contributed by atoms with van der Waals surface area (Å²) < 4.78 is 68.4. The molecule has 0 fully saturated rings. The van der Waals surface area contributed by atoms with Gasteiger partial charge in [0.05, 0.1) is 26.4 Å². The third-order valence-corrected chi connectivity index (χ3v) is 19.8. The van der Waals surface area contributed by atoms with Crippen molar-refractivity contribution in [3.05, 3.63) is 0 Å². The summed E-state index contributed by atoms with van der Waals surface area (Å²) in [5.74, 6) is 0.906. The molecule has 564 valence electrons. The maximum Gasteiger partial charge on any atom is 0.472 e. The van der Waals surface area contributed by atoms with Crippen LogP contribution in [0.25, 0.3) is 0 Å². The van der Waals surface area contributed by atoms with Gasteiger partial charge in [-0.2, -0.15) is 0 Å². The van der Waals surface area contributed by atoms with Gasteiger partial charge in [0.1, 0.15) is 19.3 Å². The summed E-state index contributed by atoms with van der Waals surface area (Å²) in [6.45, 7) is 14.1. The maximum atomic E-state index is 13.1. The molecule has 3 N–H and O–H groups in total. The molecule has 0 rings (SSSR count). The van der Waals surface area contributed by atoms with Crippen LogP contribution in [0.3, 0.4) is 0 Å². The van der Waals surface area contributed by atoms with E-state index in [4.69, 9.17) is 37.0 Å². The molecule has 0 amide bonds. The normalized spacial score (nSPS) is 14.4. The number of esters is 4. The standard InChI is InChI=1S/C76H148O17P2/c1-9-69(8)55-47-39-31-23-20-21-24-32-40-48-56-73(78)86-62-71(92-75(80)58-50-42-33-25-19-17-15-13-11-10-12-14-16-18-22-28-36-44-52-66(2)3)64-90-94(82,83)88-60-70(77)61-89-95(84,85)91-65-72(93-76(81)59-51-43-35-27-30-38-46-54-68(6)7)63-87-74(79)57-49-41-34-26-29-37-45-53-67(4)5/h66-72,77H,9-65H2,1-8H3,(H,82,83)(H,84,85)/t69?,70?,71-,72-/m1/s1. The van der Waals surface area contributed by atoms with Gasteiger partial charge in [0, 0.05) is 25.7 Å². The van der Waals surface area contributed by atoms with Crippen LogP contribution in [0.4, 0.5) is 0 Å². The Labute approximate surface area is 581 Å². The Balaban J connectivity index is 5.20.